The van der Waals surface area contributed by atoms with Gasteiger partial charge >= 0.3 is 0 Å². The van der Waals surface area contributed by atoms with Crippen LogP contribution in [0.25, 0.3) is 0 Å². The van der Waals surface area contributed by atoms with E-state index in [-0.39, 0.29) is 0 Å². The normalized spacial score (nSPS) is 10.0. The molecule has 17 heavy (non-hydrogen) atoms. The van der Waals surface area contributed by atoms with E-state index in [2.05, 4.69) is 42.7 Å². The van der Waals surface area contributed by atoms with Crippen molar-refractivity contribution in [2.75, 3.05) is 11.9 Å². The first-order valence-electron chi connectivity index (χ1n) is 6.40. The molecule has 0 saturated carbocycles. The lowest BCUT2D eigenvalue weighted by atomic mass is 10.1. The molecular formula is C14H22N2S. The summed E-state index contributed by atoms with van der Waals surface area (Å²) in [5, 5.41) is 7.22. The molecule has 2 nitrogen and oxygen atoms in total. The first-order chi connectivity index (χ1) is 8.27. The Labute approximate surface area is 110 Å². The van der Waals surface area contributed by atoms with Gasteiger partial charge in [0.15, 0.2) is 5.11 Å². The van der Waals surface area contributed by atoms with Crippen molar-refractivity contribution in [3.63, 3.8) is 0 Å². The molecule has 0 spiro atoms. The molecule has 0 bridgehead atoms. The fraction of sp³-hybridized carbons (Fsp3) is 0.500. The van der Waals surface area contributed by atoms with E-state index >= 15 is 0 Å². The van der Waals surface area contributed by atoms with Crippen LogP contribution in [0.3, 0.4) is 0 Å². The lowest BCUT2D eigenvalue weighted by molar-refractivity contribution is 0.698. The lowest BCUT2D eigenvalue weighted by Crippen LogP contribution is -2.29. The smallest absolute Gasteiger partial charge is 0.170 e. The fourth-order valence-electron chi connectivity index (χ4n) is 1.69. The summed E-state index contributed by atoms with van der Waals surface area (Å²) < 4.78 is 0. The third-order valence-corrected chi connectivity index (χ3v) is 2.96. The third kappa shape index (κ3) is 5.18. The van der Waals surface area contributed by atoms with Gasteiger partial charge in [0.25, 0.3) is 0 Å². The quantitative estimate of drug-likeness (QED) is 0.594. The van der Waals surface area contributed by atoms with Gasteiger partial charge in [-0.3, -0.25) is 0 Å². The van der Waals surface area contributed by atoms with Crippen LogP contribution in [0.15, 0.2) is 24.3 Å². The van der Waals surface area contributed by atoms with Crippen molar-refractivity contribution in [1.29, 1.82) is 0 Å². The average molecular weight is 250 g/mol. The molecule has 0 aromatic heterocycles. The molecule has 0 aliphatic heterocycles. The van der Waals surface area contributed by atoms with E-state index in [4.69, 9.17) is 12.2 Å². The molecule has 0 unspecified atom stereocenters. The maximum absolute atomic E-state index is 5.27. The van der Waals surface area contributed by atoms with Crippen LogP contribution in [-0.2, 0) is 6.42 Å². The predicted octanol–water partition coefficient (Wildman–Crippen LogP) is 3.73. The van der Waals surface area contributed by atoms with Crippen LogP contribution in [0, 0.1) is 0 Å². The molecule has 0 aliphatic rings. The standard InChI is InChI=1S/C14H22N2S/c1-3-5-8-11-15-14(17)16-13-10-7-6-9-12(13)4-2/h6-7,9-10H,3-5,8,11H2,1-2H3,(H2,15,16,17). The van der Waals surface area contributed by atoms with Crippen LogP contribution in [0.4, 0.5) is 5.69 Å². The van der Waals surface area contributed by atoms with E-state index < -0.39 is 0 Å². The van der Waals surface area contributed by atoms with E-state index in [0.717, 1.165) is 23.8 Å². The molecule has 2 N–H and O–H groups in total. The monoisotopic (exact) mass is 250 g/mol. The summed E-state index contributed by atoms with van der Waals surface area (Å²) in [7, 11) is 0. The van der Waals surface area contributed by atoms with Crippen LogP contribution >= 0.6 is 12.2 Å². The third-order valence-electron chi connectivity index (χ3n) is 2.71. The molecule has 1 aromatic carbocycles. The maximum atomic E-state index is 5.27. The number of aryl methyl sites for hydroxylation is 1. The summed E-state index contributed by atoms with van der Waals surface area (Å²) in [6, 6.07) is 8.28. The Morgan fingerprint density at radius 2 is 1.94 bits per heavy atom. The first-order valence-corrected chi connectivity index (χ1v) is 6.81. The number of anilines is 1. The summed E-state index contributed by atoms with van der Waals surface area (Å²) in [4.78, 5) is 0. The summed E-state index contributed by atoms with van der Waals surface area (Å²) >= 11 is 5.27. The van der Waals surface area contributed by atoms with Gasteiger partial charge in [0.05, 0.1) is 0 Å². The second kappa shape index (κ2) is 8.07. The van der Waals surface area contributed by atoms with Gasteiger partial charge in [0, 0.05) is 12.2 Å². The Bertz CT molecular complexity index is 350. The molecule has 0 radical (unpaired) electrons. The van der Waals surface area contributed by atoms with E-state index in [1.807, 2.05) is 6.07 Å². The Hall–Kier alpha value is -1.09. The Morgan fingerprint density at radius 1 is 1.18 bits per heavy atom. The van der Waals surface area contributed by atoms with E-state index in [1.165, 1.54) is 24.8 Å². The molecule has 0 atom stereocenters. The second-order valence-electron chi connectivity index (χ2n) is 4.10. The molecule has 0 aliphatic carbocycles. The van der Waals surface area contributed by atoms with Crippen LogP contribution < -0.4 is 10.6 Å². The zero-order valence-corrected chi connectivity index (χ0v) is 11.6. The number of hydrogen-bond acceptors (Lipinski definition) is 1. The van der Waals surface area contributed by atoms with Gasteiger partial charge in [-0.25, -0.2) is 0 Å². The van der Waals surface area contributed by atoms with Crippen molar-refractivity contribution in [3.8, 4) is 0 Å². The molecule has 0 fully saturated rings. The number of nitrogens with one attached hydrogen (secondary N) is 2. The molecule has 94 valence electrons. The molecule has 0 amide bonds. The predicted molar refractivity (Wildman–Crippen MR) is 79.6 cm³/mol. The molecule has 1 rings (SSSR count). The number of hydrogen-bond donors (Lipinski definition) is 2. The summed E-state index contributed by atoms with van der Waals surface area (Å²) in [6.07, 6.45) is 4.68. The molecule has 0 heterocycles. The summed E-state index contributed by atoms with van der Waals surface area (Å²) in [6.45, 7) is 5.31. The Balaban J connectivity index is 2.39. The number of para-hydroxylation sites is 1. The molecule has 3 heteroatoms. The number of rotatable bonds is 6. The minimum atomic E-state index is 0.724. The van der Waals surface area contributed by atoms with Crippen molar-refractivity contribution in [2.45, 2.75) is 39.5 Å². The fourth-order valence-corrected chi connectivity index (χ4v) is 1.91. The van der Waals surface area contributed by atoms with Gasteiger partial charge in [-0.05, 0) is 36.7 Å². The van der Waals surface area contributed by atoms with Gasteiger partial charge < -0.3 is 10.6 Å². The van der Waals surface area contributed by atoms with Gasteiger partial charge in [-0.2, -0.15) is 0 Å². The summed E-state index contributed by atoms with van der Waals surface area (Å²) in [5.74, 6) is 0. The minimum Gasteiger partial charge on any atom is -0.362 e. The number of thiocarbonyl (C=S) groups is 1. The number of unbranched alkanes of at least 4 members (excludes halogenated alkanes) is 2. The van der Waals surface area contributed by atoms with E-state index in [9.17, 15) is 0 Å². The zero-order chi connectivity index (χ0) is 12.5. The highest BCUT2D eigenvalue weighted by atomic mass is 32.1. The highest BCUT2D eigenvalue weighted by Crippen LogP contribution is 2.14. The van der Waals surface area contributed by atoms with Crippen molar-refractivity contribution in [2.24, 2.45) is 0 Å². The largest absolute Gasteiger partial charge is 0.362 e. The first kappa shape index (κ1) is 14.0. The molecule has 0 saturated heterocycles. The molecular weight excluding hydrogens is 228 g/mol. The minimum absolute atomic E-state index is 0.724. The van der Waals surface area contributed by atoms with Crippen LogP contribution in [-0.4, -0.2) is 11.7 Å². The number of benzene rings is 1. The van der Waals surface area contributed by atoms with Crippen molar-refractivity contribution < 1.29 is 0 Å². The van der Waals surface area contributed by atoms with E-state index in [1.54, 1.807) is 0 Å². The Morgan fingerprint density at radius 3 is 2.65 bits per heavy atom. The van der Waals surface area contributed by atoms with Crippen molar-refractivity contribution in [1.82, 2.24) is 5.32 Å². The van der Waals surface area contributed by atoms with Gasteiger partial charge in [0.2, 0.25) is 0 Å². The lowest BCUT2D eigenvalue weighted by Gasteiger charge is -2.13. The van der Waals surface area contributed by atoms with Crippen molar-refractivity contribution in [3.05, 3.63) is 29.8 Å². The average Bonchev–Trinajstić information content (AvgIpc) is 2.35. The second-order valence-corrected chi connectivity index (χ2v) is 4.51. The topological polar surface area (TPSA) is 24.1 Å². The summed E-state index contributed by atoms with van der Waals surface area (Å²) in [5.41, 5.74) is 2.41. The van der Waals surface area contributed by atoms with Crippen LogP contribution in [0.1, 0.15) is 38.7 Å². The highest BCUT2D eigenvalue weighted by molar-refractivity contribution is 7.80. The van der Waals surface area contributed by atoms with Gasteiger partial charge in [0.1, 0.15) is 0 Å². The van der Waals surface area contributed by atoms with Gasteiger partial charge in [-0.1, -0.05) is 44.9 Å². The Kier molecular flexibility index (Phi) is 6.63. The van der Waals surface area contributed by atoms with Crippen molar-refractivity contribution >= 4 is 23.0 Å². The maximum Gasteiger partial charge on any atom is 0.170 e. The van der Waals surface area contributed by atoms with Gasteiger partial charge in [-0.15, -0.1) is 0 Å². The SMILES string of the molecule is CCCCCNC(=S)Nc1ccccc1CC. The highest BCUT2D eigenvalue weighted by Gasteiger charge is 2.01. The zero-order valence-electron chi connectivity index (χ0n) is 10.8. The van der Waals surface area contributed by atoms with Crippen LogP contribution in [0.2, 0.25) is 0 Å². The molecule has 1 aromatic rings. The van der Waals surface area contributed by atoms with Crippen LogP contribution in [0.5, 0.6) is 0 Å². The van der Waals surface area contributed by atoms with E-state index in [0.29, 0.717) is 0 Å².